The summed E-state index contributed by atoms with van der Waals surface area (Å²) in [7, 11) is -3.54. The van der Waals surface area contributed by atoms with Gasteiger partial charge >= 0.3 is 6.18 Å². The number of ether oxygens (including phenoxy) is 2. The molecule has 1 saturated carbocycles. The first-order valence-corrected chi connectivity index (χ1v) is 13.2. The van der Waals surface area contributed by atoms with Crippen LogP contribution in [0.2, 0.25) is 0 Å². The fourth-order valence-electron chi connectivity index (χ4n) is 4.74. The predicted octanol–water partition coefficient (Wildman–Crippen LogP) is 3.43. The molecule has 1 aromatic carbocycles. The third kappa shape index (κ3) is 4.71. The number of rotatable bonds is 7. The van der Waals surface area contributed by atoms with E-state index in [1.165, 1.54) is 0 Å². The van der Waals surface area contributed by atoms with E-state index in [2.05, 4.69) is 4.98 Å². The number of carbonyl (C=O) groups excluding carboxylic acids is 2. The Morgan fingerprint density at radius 1 is 1.21 bits per heavy atom. The molecule has 1 aromatic heterocycles. The Bertz CT molecular complexity index is 1430. The summed E-state index contributed by atoms with van der Waals surface area (Å²) >= 11 is 0. The zero-order valence-electron chi connectivity index (χ0n) is 20.8. The van der Waals surface area contributed by atoms with E-state index in [-0.39, 0.29) is 22.7 Å². The first-order chi connectivity index (χ1) is 18.1. The Labute approximate surface area is 220 Å². The van der Waals surface area contributed by atoms with Crippen molar-refractivity contribution < 1.29 is 49.4 Å². The van der Waals surface area contributed by atoms with Crippen molar-refractivity contribution in [1.82, 2.24) is 4.98 Å². The van der Waals surface area contributed by atoms with Gasteiger partial charge in [-0.3, -0.25) is 14.6 Å². The van der Waals surface area contributed by atoms with Gasteiger partial charge in [0.05, 0.1) is 18.0 Å². The molecule has 0 spiro atoms. The molecule has 2 aliphatic rings. The van der Waals surface area contributed by atoms with Crippen molar-refractivity contribution in [1.29, 1.82) is 0 Å². The second-order valence-corrected chi connectivity index (χ2v) is 11.6. The molecule has 0 radical (unpaired) electrons. The second-order valence-electron chi connectivity index (χ2n) is 9.55. The molecule has 212 valence electrons. The average molecular weight is 578 g/mol. The van der Waals surface area contributed by atoms with E-state index < -0.39 is 85.6 Å². The molecule has 4 atom stereocenters. The van der Waals surface area contributed by atoms with Crippen LogP contribution >= 0.6 is 0 Å². The van der Waals surface area contributed by atoms with Crippen LogP contribution in [0.1, 0.15) is 48.7 Å². The number of amides is 2. The first kappa shape index (κ1) is 28.7. The molecule has 2 fully saturated rings. The highest BCUT2D eigenvalue weighted by Gasteiger charge is 2.67. The van der Waals surface area contributed by atoms with Crippen molar-refractivity contribution in [2.75, 3.05) is 11.4 Å². The maximum absolute atomic E-state index is 14.6. The lowest BCUT2D eigenvalue weighted by molar-refractivity contribution is -0.272. The van der Waals surface area contributed by atoms with Gasteiger partial charge in [-0.2, -0.15) is 17.6 Å². The molecule has 0 unspecified atom stereocenters. The number of methoxy groups -OCH3 is 1. The van der Waals surface area contributed by atoms with Gasteiger partial charge in [-0.1, -0.05) is 13.0 Å². The molecule has 4 rings (SSSR count). The van der Waals surface area contributed by atoms with Gasteiger partial charge in [0.15, 0.2) is 17.2 Å². The molecule has 39 heavy (non-hydrogen) atoms. The van der Waals surface area contributed by atoms with Crippen LogP contribution in [0.5, 0.6) is 5.75 Å². The second kappa shape index (κ2) is 9.70. The Morgan fingerprint density at radius 3 is 2.38 bits per heavy atom. The summed E-state index contributed by atoms with van der Waals surface area (Å²) in [4.78, 5) is 29.4. The minimum absolute atomic E-state index is 0.183. The SMILES string of the molecule is COc1c([C@H]2[C@H](C(=O)N(c3ccnc(C(N)=O)c3)S(=O)(=O)C3CC3)O[C@@](C)(C(F)(F)F)[C@H]2C)ccc(F)c1F. The van der Waals surface area contributed by atoms with Gasteiger partial charge in [-0.25, -0.2) is 17.1 Å². The normalized spacial score (nSPS) is 25.4. The smallest absolute Gasteiger partial charge is 0.417 e. The zero-order valence-corrected chi connectivity index (χ0v) is 21.6. The Morgan fingerprint density at radius 2 is 1.85 bits per heavy atom. The number of hydrogen-bond donors (Lipinski definition) is 1. The molecule has 2 N–H and O–H groups in total. The fraction of sp³-hybridized carbons (Fsp3) is 0.458. The highest BCUT2D eigenvalue weighted by molar-refractivity contribution is 7.94. The zero-order chi connectivity index (χ0) is 29.1. The standard InChI is InChI=1S/C24H24F5N3O6S/c1-11-17(14-6-7-15(25)18(26)19(14)37-3)20(38-23(11,2)24(27,28)29)22(34)32(39(35,36)13-4-5-13)12-8-9-31-16(10-12)21(30)33/h6-11,13,17,20H,4-5H2,1-3H3,(H2,30,33)/t11-,17-,20+,23+/m0/s1. The molecule has 1 saturated heterocycles. The van der Waals surface area contributed by atoms with Gasteiger partial charge in [0.25, 0.3) is 11.8 Å². The molecular formula is C24H24F5N3O6S. The van der Waals surface area contributed by atoms with Crippen LogP contribution in [0.15, 0.2) is 30.5 Å². The molecule has 1 aliphatic carbocycles. The number of nitrogens with zero attached hydrogens (tertiary/aromatic N) is 2. The maximum atomic E-state index is 14.6. The summed E-state index contributed by atoms with van der Waals surface area (Å²) in [5.74, 6) is -9.32. The van der Waals surface area contributed by atoms with Crippen LogP contribution in [-0.4, -0.2) is 55.5 Å². The molecule has 0 bridgehead atoms. The van der Waals surface area contributed by atoms with E-state index in [0.717, 1.165) is 38.4 Å². The molecular weight excluding hydrogens is 553 g/mol. The third-order valence-corrected chi connectivity index (χ3v) is 9.40. The number of sulfonamides is 1. The Hall–Kier alpha value is -3.33. The lowest BCUT2D eigenvalue weighted by Gasteiger charge is -2.32. The lowest BCUT2D eigenvalue weighted by atomic mass is 9.77. The number of benzene rings is 1. The number of nitrogens with two attached hydrogens (primary N) is 1. The van der Waals surface area contributed by atoms with Crippen molar-refractivity contribution >= 4 is 27.5 Å². The van der Waals surface area contributed by atoms with E-state index >= 15 is 0 Å². The van der Waals surface area contributed by atoms with E-state index in [9.17, 15) is 40.0 Å². The highest BCUT2D eigenvalue weighted by Crippen LogP contribution is 2.55. The molecule has 9 nitrogen and oxygen atoms in total. The number of alkyl halides is 3. The predicted molar refractivity (Wildman–Crippen MR) is 126 cm³/mol. The van der Waals surface area contributed by atoms with Gasteiger partial charge in [0.2, 0.25) is 15.8 Å². The Kier molecular flexibility index (Phi) is 7.13. The summed E-state index contributed by atoms with van der Waals surface area (Å²) in [5, 5.41) is -1.02. The summed E-state index contributed by atoms with van der Waals surface area (Å²) in [6.45, 7) is 1.78. The minimum Gasteiger partial charge on any atom is -0.493 e. The quantitative estimate of drug-likeness (QED) is 0.500. The molecule has 2 heterocycles. The van der Waals surface area contributed by atoms with Gasteiger partial charge in [0, 0.05) is 23.6 Å². The van der Waals surface area contributed by atoms with Crippen LogP contribution in [-0.2, 0) is 19.6 Å². The average Bonchev–Trinajstić information content (AvgIpc) is 3.67. The first-order valence-electron chi connectivity index (χ1n) is 11.7. The van der Waals surface area contributed by atoms with Crippen LogP contribution in [0.3, 0.4) is 0 Å². The van der Waals surface area contributed by atoms with Gasteiger partial charge < -0.3 is 15.2 Å². The van der Waals surface area contributed by atoms with Gasteiger partial charge in [-0.05, 0) is 38.0 Å². The third-order valence-electron chi connectivity index (χ3n) is 7.19. The Balaban J connectivity index is 1.93. The van der Waals surface area contributed by atoms with Crippen LogP contribution < -0.4 is 14.8 Å². The van der Waals surface area contributed by atoms with E-state index in [1.54, 1.807) is 0 Å². The van der Waals surface area contributed by atoms with Crippen molar-refractivity contribution in [2.24, 2.45) is 11.7 Å². The highest BCUT2D eigenvalue weighted by atomic mass is 32.2. The maximum Gasteiger partial charge on any atom is 0.417 e. The molecule has 1 aliphatic heterocycles. The topological polar surface area (TPSA) is 129 Å². The summed E-state index contributed by atoms with van der Waals surface area (Å²) in [6.07, 6.45) is -5.83. The van der Waals surface area contributed by atoms with E-state index in [4.69, 9.17) is 15.2 Å². The van der Waals surface area contributed by atoms with Crippen LogP contribution in [0.25, 0.3) is 0 Å². The largest absolute Gasteiger partial charge is 0.493 e. The van der Waals surface area contributed by atoms with Crippen molar-refractivity contribution in [3.05, 3.63) is 53.4 Å². The number of aromatic nitrogens is 1. The summed E-state index contributed by atoms with van der Waals surface area (Å²) < 4.78 is 109. The van der Waals surface area contributed by atoms with E-state index in [0.29, 0.717) is 13.0 Å². The van der Waals surface area contributed by atoms with Gasteiger partial charge in [0.1, 0.15) is 11.8 Å². The number of pyridine rings is 1. The molecule has 15 heteroatoms. The molecule has 2 aromatic rings. The minimum atomic E-state index is -5.05. The van der Waals surface area contributed by atoms with Crippen molar-refractivity contribution in [3.63, 3.8) is 0 Å². The van der Waals surface area contributed by atoms with Gasteiger partial charge in [-0.15, -0.1) is 0 Å². The summed E-state index contributed by atoms with van der Waals surface area (Å²) in [6, 6.07) is 3.60. The van der Waals surface area contributed by atoms with Crippen LogP contribution in [0.4, 0.5) is 27.6 Å². The number of halogens is 5. The number of primary amides is 1. The number of hydrogen-bond acceptors (Lipinski definition) is 7. The van der Waals surface area contributed by atoms with Crippen LogP contribution in [0, 0.1) is 17.6 Å². The van der Waals surface area contributed by atoms with Crippen molar-refractivity contribution in [3.8, 4) is 5.75 Å². The lowest BCUT2D eigenvalue weighted by Crippen LogP contribution is -2.49. The monoisotopic (exact) mass is 577 g/mol. The fourth-order valence-corrected chi connectivity index (χ4v) is 6.53. The molecule has 2 amide bonds. The number of carbonyl (C=O) groups is 2. The van der Waals surface area contributed by atoms with E-state index in [1.807, 2.05) is 0 Å². The van der Waals surface area contributed by atoms with Crippen molar-refractivity contribution in [2.45, 2.75) is 55.7 Å². The summed E-state index contributed by atoms with van der Waals surface area (Å²) in [5.41, 5.74) is 1.10. The number of anilines is 1.